The molecule has 1 aliphatic heterocycles. The van der Waals surface area contributed by atoms with Crippen LogP contribution in [0, 0.1) is 0 Å². The maximum Gasteiger partial charge on any atom is 0.290 e. The fraction of sp³-hybridized carbons (Fsp3) is 0.226. The lowest BCUT2D eigenvalue weighted by atomic mass is 9.94. The van der Waals surface area contributed by atoms with Crippen LogP contribution in [0.4, 0.5) is 0 Å². The molecule has 3 aromatic carbocycles. The topological polar surface area (TPSA) is 76.1 Å². The molecule has 0 radical (unpaired) electrons. The summed E-state index contributed by atoms with van der Waals surface area (Å²) in [5.74, 6) is -0.230. The van der Waals surface area contributed by atoms with Crippen molar-refractivity contribution < 1.29 is 24.2 Å². The predicted octanol–water partition coefficient (Wildman–Crippen LogP) is 5.49. The van der Waals surface area contributed by atoms with E-state index in [1.807, 2.05) is 72.8 Å². The first kappa shape index (κ1) is 25.8. The van der Waals surface area contributed by atoms with Gasteiger partial charge >= 0.3 is 0 Å². The van der Waals surface area contributed by atoms with Gasteiger partial charge in [-0.3, -0.25) is 9.59 Å². The van der Waals surface area contributed by atoms with Gasteiger partial charge in [-0.05, 0) is 53.3 Å². The average molecular weight is 498 g/mol. The number of carbonyl (C=O) groups is 2. The fourth-order valence-corrected chi connectivity index (χ4v) is 4.53. The third-order valence-electron chi connectivity index (χ3n) is 6.59. The van der Waals surface area contributed by atoms with Gasteiger partial charge in [0.15, 0.2) is 23.0 Å². The highest BCUT2D eigenvalue weighted by atomic mass is 16.5. The van der Waals surface area contributed by atoms with E-state index >= 15 is 0 Å². The van der Waals surface area contributed by atoms with Gasteiger partial charge in [0.1, 0.15) is 0 Å². The number of carbonyl (C=O) groups excluding carboxylic acids is 2. The highest BCUT2D eigenvalue weighted by molar-refractivity contribution is 6.14. The minimum absolute atomic E-state index is 0.0914. The molecule has 0 fully saturated rings. The van der Waals surface area contributed by atoms with Gasteiger partial charge in [-0.15, -0.1) is 0 Å². The van der Waals surface area contributed by atoms with Gasteiger partial charge < -0.3 is 19.5 Å². The van der Waals surface area contributed by atoms with E-state index in [1.165, 1.54) is 6.08 Å². The Hall–Kier alpha value is -4.32. The molecule has 3 aromatic rings. The Bertz CT molecular complexity index is 1330. The SMILES string of the molecule is CCc1ccc([C@H]2C(C(=O)/C=C/c3ccccc3)=C(O)C(=O)N2CCc2ccc(OC)c(OC)c2)cc1. The number of aliphatic hydroxyl groups is 1. The van der Waals surface area contributed by atoms with Gasteiger partial charge in [0.2, 0.25) is 0 Å². The minimum Gasteiger partial charge on any atom is -0.503 e. The lowest BCUT2D eigenvalue weighted by Crippen LogP contribution is -2.33. The third-order valence-corrected chi connectivity index (χ3v) is 6.59. The van der Waals surface area contributed by atoms with Crippen molar-refractivity contribution >= 4 is 17.8 Å². The molecule has 1 heterocycles. The van der Waals surface area contributed by atoms with E-state index in [-0.39, 0.29) is 5.57 Å². The van der Waals surface area contributed by atoms with Crippen LogP contribution in [-0.2, 0) is 22.4 Å². The maximum absolute atomic E-state index is 13.3. The summed E-state index contributed by atoms with van der Waals surface area (Å²) in [4.78, 5) is 28.2. The van der Waals surface area contributed by atoms with E-state index in [2.05, 4.69) is 6.92 Å². The van der Waals surface area contributed by atoms with Crippen molar-refractivity contribution in [1.82, 2.24) is 4.90 Å². The smallest absolute Gasteiger partial charge is 0.290 e. The first-order valence-corrected chi connectivity index (χ1v) is 12.3. The molecule has 190 valence electrons. The van der Waals surface area contributed by atoms with Crippen molar-refractivity contribution in [2.45, 2.75) is 25.8 Å². The number of ketones is 1. The molecule has 1 aliphatic rings. The first-order chi connectivity index (χ1) is 18.0. The van der Waals surface area contributed by atoms with E-state index in [0.717, 1.165) is 28.7 Å². The second-order valence-electron chi connectivity index (χ2n) is 8.81. The van der Waals surface area contributed by atoms with Gasteiger partial charge in [0.25, 0.3) is 5.91 Å². The molecule has 0 spiro atoms. The Balaban J connectivity index is 1.65. The number of benzene rings is 3. The van der Waals surface area contributed by atoms with Crippen LogP contribution < -0.4 is 9.47 Å². The molecule has 0 saturated heterocycles. The van der Waals surface area contributed by atoms with E-state index in [0.29, 0.717) is 24.5 Å². The summed E-state index contributed by atoms with van der Waals surface area (Å²) >= 11 is 0. The molecule has 1 N–H and O–H groups in total. The zero-order chi connectivity index (χ0) is 26.4. The van der Waals surface area contributed by atoms with Gasteiger partial charge in [-0.2, -0.15) is 0 Å². The summed E-state index contributed by atoms with van der Waals surface area (Å²) in [6.45, 7) is 2.37. The molecule has 0 aliphatic carbocycles. The third kappa shape index (κ3) is 5.59. The Kier molecular flexibility index (Phi) is 8.08. The molecule has 1 amide bonds. The Morgan fingerprint density at radius 1 is 0.946 bits per heavy atom. The summed E-state index contributed by atoms with van der Waals surface area (Å²) < 4.78 is 10.7. The number of nitrogens with zero attached hydrogens (tertiary/aromatic N) is 1. The lowest BCUT2D eigenvalue weighted by molar-refractivity contribution is -0.129. The van der Waals surface area contributed by atoms with Crippen molar-refractivity contribution in [1.29, 1.82) is 0 Å². The Labute approximate surface area is 217 Å². The number of aliphatic hydroxyl groups excluding tert-OH is 1. The standard InChI is InChI=1S/C31H31NO5/c1-4-21-10-14-24(15-11-21)29-28(25(33)16-12-22-8-6-5-7-9-22)30(34)31(35)32(29)19-18-23-13-17-26(36-2)27(20-23)37-3/h5-17,20,29,34H,4,18-19H2,1-3H3/b16-12+/t29-/m0/s1. The second-order valence-corrected chi connectivity index (χ2v) is 8.81. The number of hydrogen-bond acceptors (Lipinski definition) is 5. The van der Waals surface area contributed by atoms with Gasteiger partial charge in [0, 0.05) is 6.54 Å². The van der Waals surface area contributed by atoms with Gasteiger partial charge in [-0.1, -0.05) is 73.7 Å². The van der Waals surface area contributed by atoms with Crippen LogP contribution in [0.25, 0.3) is 6.08 Å². The molecule has 1 atom stereocenters. The van der Waals surface area contributed by atoms with Crippen molar-refractivity contribution in [3.63, 3.8) is 0 Å². The van der Waals surface area contributed by atoms with Gasteiger partial charge in [0.05, 0.1) is 25.8 Å². The molecular formula is C31H31NO5. The highest BCUT2D eigenvalue weighted by Gasteiger charge is 2.42. The molecular weight excluding hydrogens is 466 g/mol. The maximum atomic E-state index is 13.3. The predicted molar refractivity (Wildman–Crippen MR) is 144 cm³/mol. The number of ether oxygens (including phenoxy) is 2. The quantitative estimate of drug-likeness (QED) is 0.375. The fourth-order valence-electron chi connectivity index (χ4n) is 4.53. The molecule has 6 heteroatoms. The van der Waals surface area contributed by atoms with Crippen molar-refractivity contribution in [2.75, 3.05) is 20.8 Å². The normalized spacial score (nSPS) is 15.5. The van der Waals surface area contributed by atoms with Crippen LogP contribution >= 0.6 is 0 Å². The lowest BCUT2D eigenvalue weighted by Gasteiger charge is -2.27. The molecule has 0 saturated carbocycles. The number of hydrogen-bond donors (Lipinski definition) is 1. The zero-order valence-corrected chi connectivity index (χ0v) is 21.3. The summed E-state index contributed by atoms with van der Waals surface area (Å²) in [6.07, 6.45) is 4.49. The Morgan fingerprint density at radius 3 is 2.27 bits per heavy atom. The number of rotatable bonds is 10. The molecule has 4 rings (SSSR count). The van der Waals surface area contributed by atoms with Crippen molar-refractivity contribution in [2.24, 2.45) is 0 Å². The average Bonchev–Trinajstić information content (AvgIpc) is 3.20. The monoisotopic (exact) mass is 497 g/mol. The molecule has 0 unspecified atom stereocenters. The number of aryl methyl sites for hydroxylation is 1. The van der Waals surface area contributed by atoms with Crippen molar-refractivity contribution in [3.8, 4) is 11.5 Å². The molecule has 0 bridgehead atoms. The van der Waals surface area contributed by atoms with E-state index < -0.39 is 23.5 Å². The minimum atomic E-state index is -0.688. The van der Waals surface area contributed by atoms with Crippen LogP contribution in [0.1, 0.15) is 35.2 Å². The van der Waals surface area contributed by atoms with Crippen LogP contribution in [-0.4, -0.2) is 42.5 Å². The largest absolute Gasteiger partial charge is 0.503 e. The molecule has 0 aromatic heterocycles. The summed E-state index contributed by atoms with van der Waals surface area (Å²) in [7, 11) is 3.15. The number of allylic oxidation sites excluding steroid dienone is 1. The second kappa shape index (κ2) is 11.6. The van der Waals surface area contributed by atoms with Crippen LogP contribution in [0.3, 0.4) is 0 Å². The number of amides is 1. The number of methoxy groups -OCH3 is 2. The first-order valence-electron chi connectivity index (χ1n) is 12.3. The highest BCUT2D eigenvalue weighted by Crippen LogP contribution is 2.38. The van der Waals surface area contributed by atoms with Crippen LogP contribution in [0.5, 0.6) is 11.5 Å². The summed E-state index contributed by atoms with van der Waals surface area (Å²) in [6, 6.07) is 22.2. The Morgan fingerprint density at radius 2 is 1.62 bits per heavy atom. The van der Waals surface area contributed by atoms with E-state index in [9.17, 15) is 14.7 Å². The van der Waals surface area contributed by atoms with E-state index in [4.69, 9.17) is 9.47 Å². The van der Waals surface area contributed by atoms with Gasteiger partial charge in [-0.25, -0.2) is 0 Å². The molecule has 37 heavy (non-hydrogen) atoms. The van der Waals surface area contributed by atoms with Crippen LogP contribution in [0.2, 0.25) is 0 Å². The summed E-state index contributed by atoms with van der Waals surface area (Å²) in [5, 5.41) is 10.9. The molecule has 6 nitrogen and oxygen atoms in total. The zero-order valence-electron chi connectivity index (χ0n) is 21.3. The van der Waals surface area contributed by atoms with Crippen LogP contribution in [0.15, 0.2) is 90.2 Å². The summed E-state index contributed by atoms with van der Waals surface area (Å²) in [5.41, 5.74) is 3.81. The van der Waals surface area contributed by atoms with E-state index in [1.54, 1.807) is 25.2 Å². The van der Waals surface area contributed by atoms with Crippen molar-refractivity contribution in [3.05, 3.63) is 112 Å².